The molecule has 0 aromatic carbocycles. The van der Waals surface area contributed by atoms with Gasteiger partial charge in [-0.1, -0.05) is 31.0 Å². The topological polar surface area (TPSA) is 63.6 Å². The number of thioether (sulfide) groups is 1. The van der Waals surface area contributed by atoms with Crippen LogP contribution < -0.4 is 10.1 Å². The van der Waals surface area contributed by atoms with Crippen LogP contribution in [0.25, 0.3) is 0 Å². The maximum absolute atomic E-state index is 12.6. The third-order valence-electron chi connectivity index (χ3n) is 5.11. The van der Waals surface area contributed by atoms with E-state index in [0.717, 1.165) is 10.7 Å². The van der Waals surface area contributed by atoms with Gasteiger partial charge < -0.3 is 10.1 Å². The van der Waals surface area contributed by atoms with Crippen molar-refractivity contribution in [1.29, 1.82) is 0 Å². The molecule has 0 radical (unpaired) electrons. The number of amides is 1. The highest BCUT2D eigenvalue weighted by molar-refractivity contribution is 8.15. The third kappa shape index (κ3) is 3.43. The smallest absolute Gasteiger partial charge is 0.269 e. The number of pyridine rings is 1. The van der Waals surface area contributed by atoms with Crippen LogP contribution in [0.1, 0.15) is 51.5 Å². The molecule has 1 aromatic rings. The van der Waals surface area contributed by atoms with Gasteiger partial charge in [0.1, 0.15) is 4.75 Å². The lowest BCUT2D eigenvalue weighted by atomic mass is 9.85. The zero-order valence-corrected chi connectivity index (χ0v) is 15.4. The van der Waals surface area contributed by atoms with Gasteiger partial charge in [0.2, 0.25) is 5.88 Å². The molecule has 1 aliphatic heterocycles. The number of nitrogens with one attached hydrogen (secondary N) is 1. The number of carbonyl (C=O) groups is 1. The molecule has 3 rings (SSSR count). The summed E-state index contributed by atoms with van der Waals surface area (Å²) in [6, 6.07) is 4.02. The lowest BCUT2D eigenvalue weighted by molar-refractivity contribution is -0.119. The molecule has 5 nitrogen and oxygen atoms in total. The van der Waals surface area contributed by atoms with Crippen molar-refractivity contribution in [2.24, 2.45) is 10.9 Å². The van der Waals surface area contributed by atoms with Gasteiger partial charge in [-0.3, -0.25) is 4.79 Å². The lowest BCUT2D eigenvalue weighted by Gasteiger charge is -2.29. The molecule has 0 spiro atoms. The highest BCUT2D eigenvalue weighted by Crippen LogP contribution is 2.43. The second kappa shape index (κ2) is 7.13. The molecule has 1 aromatic heterocycles. The van der Waals surface area contributed by atoms with E-state index in [0.29, 0.717) is 17.8 Å². The summed E-state index contributed by atoms with van der Waals surface area (Å²) in [6.45, 7) is 4.12. The second-order valence-electron chi connectivity index (χ2n) is 6.78. The first-order chi connectivity index (χ1) is 11.5. The van der Waals surface area contributed by atoms with Crippen LogP contribution in [-0.2, 0) is 9.54 Å². The molecule has 2 atom stereocenters. The van der Waals surface area contributed by atoms with Crippen LogP contribution >= 0.6 is 11.8 Å². The minimum absolute atomic E-state index is 0.126. The van der Waals surface area contributed by atoms with Gasteiger partial charge in [0.15, 0.2) is 5.17 Å². The highest BCUT2D eigenvalue weighted by atomic mass is 32.2. The Kier molecular flexibility index (Phi) is 5.13. The third-order valence-corrected chi connectivity index (χ3v) is 6.34. The summed E-state index contributed by atoms with van der Waals surface area (Å²) in [7, 11) is 1.58. The fraction of sp³-hybridized carbons (Fsp3) is 0.611. The average Bonchev–Trinajstić information content (AvgIpc) is 2.90. The summed E-state index contributed by atoms with van der Waals surface area (Å²) in [5.41, 5.74) is 0.871. The standard InChI is InChI=1S/C18H25N3O2S/c1-12(13-7-5-4-6-8-13)20-17-21-16(22)18(2,24-17)14-9-10-19-15(11-14)23-3/h9-13H,4-8H2,1-3H3,(H,20,21,22)/t12-,18?/m0/s1. The molecule has 1 aliphatic carbocycles. The molecule has 1 amide bonds. The van der Waals surface area contributed by atoms with E-state index in [1.807, 2.05) is 19.1 Å². The van der Waals surface area contributed by atoms with Crippen LogP contribution in [0.3, 0.4) is 0 Å². The van der Waals surface area contributed by atoms with Gasteiger partial charge in [-0.15, -0.1) is 0 Å². The molecule has 2 aliphatic rings. The normalized spacial score (nSPS) is 26.1. The van der Waals surface area contributed by atoms with Crippen molar-refractivity contribution in [2.45, 2.75) is 56.7 Å². The second-order valence-corrected chi connectivity index (χ2v) is 8.18. The Hall–Kier alpha value is -1.56. The van der Waals surface area contributed by atoms with E-state index >= 15 is 0 Å². The molecule has 0 saturated heterocycles. The monoisotopic (exact) mass is 347 g/mol. The van der Waals surface area contributed by atoms with Gasteiger partial charge in [0.05, 0.1) is 7.11 Å². The molecule has 1 unspecified atom stereocenters. The molecule has 130 valence electrons. The van der Waals surface area contributed by atoms with Gasteiger partial charge in [0, 0.05) is 18.3 Å². The van der Waals surface area contributed by atoms with Crippen LogP contribution in [0.2, 0.25) is 0 Å². The first kappa shape index (κ1) is 17.3. The molecule has 6 heteroatoms. The quantitative estimate of drug-likeness (QED) is 0.903. The van der Waals surface area contributed by atoms with E-state index in [4.69, 9.17) is 4.74 Å². The van der Waals surface area contributed by atoms with Crippen molar-refractivity contribution in [3.8, 4) is 5.88 Å². The zero-order valence-electron chi connectivity index (χ0n) is 14.5. The van der Waals surface area contributed by atoms with Crippen molar-refractivity contribution in [2.75, 3.05) is 7.11 Å². The Morgan fingerprint density at radius 1 is 1.38 bits per heavy atom. The lowest BCUT2D eigenvalue weighted by Crippen LogP contribution is -2.37. The minimum Gasteiger partial charge on any atom is -0.481 e. The number of rotatable bonds is 4. The largest absolute Gasteiger partial charge is 0.481 e. The molecule has 1 N–H and O–H groups in total. The Morgan fingerprint density at radius 3 is 2.83 bits per heavy atom. The summed E-state index contributed by atoms with van der Waals surface area (Å²) in [4.78, 5) is 20.9. The number of amidine groups is 1. The number of aromatic nitrogens is 1. The predicted octanol–water partition coefficient (Wildman–Crippen LogP) is 3.49. The van der Waals surface area contributed by atoms with Gasteiger partial charge in [-0.2, -0.15) is 4.99 Å². The van der Waals surface area contributed by atoms with Gasteiger partial charge >= 0.3 is 0 Å². The van der Waals surface area contributed by atoms with E-state index in [-0.39, 0.29) is 5.91 Å². The molecule has 2 heterocycles. The number of nitrogens with zero attached hydrogens (tertiary/aromatic N) is 2. The first-order valence-corrected chi connectivity index (χ1v) is 9.44. The van der Waals surface area contributed by atoms with E-state index in [2.05, 4.69) is 22.2 Å². The Morgan fingerprint density at radius 2 is 2.12 bits per heavy atom. The van der Waals surface area contributed by atoms with Crippen LogP contribution in [-0.4, -0.2) is 29.2 Å². The van der Waals surface area contributed by atoms with Crippen molar-refractivity contribution in [3.63, 3.8) is 0 Å². The summed E-state index contributed by atoms with van der Waals surface area (Å²) >= 11 is 1.49. The van der Waals surface area contributed by atoms with E-state index < -0.39 is 4.75 Å². The molecular weight excluding hydrogens is 322 g/mol. The van der Waals surface area contributed by atoms with E-state index in [1.165, 1.54) is 43.9 Å². The fourth-order valence-corrected chi connectivity index (χ4v) is 4.61. The molecule has 1 fully saturated rings. The maximum atomic E-state index is 12.6. The van der Waals surface area contributed by atoms with Gasteiger partial charge in [-0.05, 0) is 44.2 Å². The molecular formula is C18H25N3O2S. The number of carbonyl (C=O) groups excluding carboxylic acids is 1. The van der Waals surface area contributed by atoms with E-state index in [9.17, 15) is 4.79 Å². The van der Waals surface area contributed by atoms with Crippen LogP contribution in [0.15, 0.2) is 23.3 Å². The Balaban J connectivity index is 1.70. The number of methoxy groups -OCH3 is 1. The predicted molar refractivity (Wildman–Crippen MR) is 97.3 cm³/mol. The summed E-state index contributed by atoms with van der Waals surface area (Å²) < 4.78 is 4.46. The highest BCUT2D eigenvalue weighted by Gasteiger charge is 2.43. The summed E-state index contributed by atoms with van der Waals surface area (Å²) in [5.74, 6) is 1.06. The molecule has 24 heavy (non-hydrogen) atoms. The zero-order chi connectivity index (χ0) is 17.2. The Labute approximate surface area is 147 Å². The minimum atomic E-state index is -0.717. The van der Waals surface area contributed by atoms with Crippen LogP contribution in [0.4, 0.5) is 0 Å². The summed E-state index contributed by atoms with van der Waals surface area (Å²) in [5, 5.41) is 4.21. The van der Waals surface area contributed by atoms with Gasteiger partial charge in [-0.25, -0.2) is 4.98 Å². The SMILES string of the molecule is COc1cc(C2(C)SC(N[C@@H](C)C3CCCCC3)=NC2=O)ccn1. The number of hydrogen-bond acceptors (Lipinski definition) is 5. The number of hydrogen-bond donors (Lipinski definition) is 1. The average molecular weight is 347 g/mol. The maximum Gasteiger partial charge on any atom is 0.269 e. The van der Waals surface area contributed by atoms with E-state index in [1.54, 1.807) is 13.3 Å². The summed E-state index contributed by atoms with van der Waals surface area (Å²) in [6.07, 6.45) is 8.16. The van der Waals surface area contributed by atoms with Crippen molar-refractivity contribution in [1.82, 2.24) is 10.3 Å². The van der Waals surface area contributed by atoms with Crippen molar-refractivity contribution in [3.05, 3.63) is 23.9 Å². The van der Waals surface area contributed by atoms with Crippen LogP contribution in [0, 0.1) is 5.92 Å². The Bertz CT molecular complexity index is 643. The fourth-order valence-electron chi connectivity index (χ4n) is 3.47. The van der Waals surface area contributed by atoms with Crippen molar-refractivity contribution >= 4 is 22.8 Å². The molecule has 0 bridgehead atoms. The van der Waals surface area contributed by atoms with Crippen molar-refractivity contribution < 1.29 is 9.53 Å². The van der Waals surface area contributed by atoms with Gasteiger partial charge in [0.25, 0.3) is 5.91 Å². The molecule has 1 saturated carbocycles. The van der Waals surface area contributed by atoms with Crippen LogP contribution in [0.5, 0.6) is 5.88 Å². The number of aliphatic imine (C=N–C) groups is 1. The number of ether oxygens (including phenoxy) is 1. The first-order valence-electron chi connectivity index (χ1n) is 8.62.